The molecule has 0 fully saturated rings. The number of rotatable bonds is 4. The zero-order valence-electron chi connectivity index (χ0n) is 7.65. The molecule has 80 valence electrons. The Kier molecular flexibility index (Phi) is 3.73. The summed E-state index contributed by atoms with van der Waals surface area (Å²) < 4.78 is 24.9. The largest absolute Gasteiger partial charge is 0.360 e. The highest BCUT2D eigenvalue weighted by Gasteiger charge is 2.07. The minimum Gasteiger partial charge on any atom is -0.360 e. The number of allylic oxidation sites excluding steroid dienone is 1. The van der Waals surface area contributed by atoms with Gasteiger partial charge in [0.1, 0.15) is 0 Å². The van der Waals surface area contributed by atoms with Crippen LogP contribution in [0.25, 0.3) is 0 Å². The smallest absolute Gasteiger partial charge is 0.321 e. The maximum Gasteiger partial charge on any atom is 0.321 e. The standard InChI is InChI=1S/C9H9F2N3O/c10-9(11)14-6-7(2-3-8(14)15)13-5-1-4-12/h1-6,9,12-13H/b5-1-,12-4?. The normalized spacial score (nSPS) is 10.9. The van der Waals surface area contributed by atoms with Crippen molar-refractivity contribution >= 4 is 11.9 Å². The van der Waals surface area contributed by atoms with E-state index >= 15 is 0 Å². The van der Waals surface area contributed by atoms with Crippen molar-refractivity contribution in [3.8, 4) is 0 Å². The Labute approximate surface area is 84.4 Å². The summed E-state index contributed by atoms with van der Waals surface area (Å²) in [4.78, 5) is 10.9. The summed E-state index contributed by atoms with van der Waals surface area (Å²) in [6.07, 6.45) is 4.85. The quantitative estimate of drug-likeness (QED) is 0.749. The van der Waals surface area contributed by atoms with Gasteiger partial charge in [-0.1, -0.05) is 0 Å². The van der Waals surface area contributed by atoms with Crippen LogP contribution < -0.4 is 10.9 Å². The van der Waals surface area contributed by atoms with Crippen LogP contribution in [0.3, 0.4) is 0 Å². The number of aromatic nitrogens is 1. The van der Waals surface area contributed by atoms with Gasteiger partial charge in [0, 0.05) is 24.7 Å². The molecule has 0 atom stereocenters. The number of anilines is 1. The van der Waals surface area contributed by atoms with Crippen LogP contribution in [-0.2, 0) is 0 Å². The van der Waals surface area contributed by atoms with Crippen LogP contribution in [0.15, 0.2) is 35.4 Å². The molecule has 0 aromatic carbocycles. The van der Waals surface area contributed by atoms with Gasteiger partial charge in [0.25, 0.3) is 5.56 Å². The molecule has 1 heterocycles. The lowest BCUT2D eigenvalue weighted by atomic mass is 10.4. The second kappa shape index (κ2) is 5.04. The predicted octanol–water partition coefficient (Wildman–Crippen LogP) is 1.82. The van der Waals surface area contributed by atoms with Crippen LogP contribution >= 0.6 is 0 Å². The lowest BCUT2D eigenvalue weighted by Gasteiger charge is -2.06. The Bertz CT molecular complexity index is 426. The Morgan fingerprint density at radius 3 is 2.80 bits per heavy atom. The number of pyridine rings is 1. The van der Waals surface area contributed by atoms with Crippen LogP contribution in [0, 0.1) is 5.41 Å². The Morgan fingerprint density at radius 1 is 1.47 bits per heavy atom. The second-order valence-corrected chi connectivity index (χ2v) is 2.61. The third kappa shape index (κ3) is 3.01. The van der Waals surface area contributed by atoms with Crippen molar-refractivity contribution in [2.24, 2.45) is 0 Å². The number of hydrogen-bond acceptors (Lipinski definition) is 3. The minimum absolute atomic E-state index is 0.320. The molecule has 1 aromatic heterocycles. The lowest BCUT2D eigenvalue weighted by molar-refractivity contribution is 0.0665. The summed E-state index contributed by atoms with van der Waals surface area (Å²) in [5.41, 5.74) is -0.403. The zero-order chi connectivity index (χ0) is 11.3. The van der Waals surface area contributed by atoms with E-state index < -0.39 is 12.1 Å². The molecule has 0 unspecified atom stereocenters. The van der Waals surface area contributed by atoms with Gasteiger partial charge in [0.15, 0.2) is 0 Å². The van der Waals surface area contributed by atoms with Gasteiger partial charge in [-0.3, -0.25) is 9.36 Å². The van der Waals surface area contributed by atoms with E-state index in [0.717, 1.165) is 18.5 Å². The molecular formula is C9H9F2N3O. The average molecular weight is 213 g/mol. The van der Waals surface area contributed by atoms with Crippen LogP contribution in [0.1, 0.15) is 6.55 Å². The molecule has 0 bridgehead atoms. The van der Waals surface area contributed by atoms with Gasteiger partial charge < -0.3 is 10.7 Å². The fraction of sp³-hybridized carbons (Fsp3) is 0.111. The first kappa shape index (κ1) is 11.1. The van der Waals surface area contributed by atoms with Crippen LogP contribution in [0.5, 0.6) is 0 Å². The topological polar surface area (TPSA) is 57.9 Å². The number of halogens is 2. The van der Waals surface area contributed by atoms with E-state index in [-0.39, 0.29) is 0 Å². The van der Waals surface area contributed by atoms with E-state index in [0.29, 0.717) is 10.3 Å². The van der Waals surface area contributed by atoms with Gasteiger partial charge >= 0.3 is 6.55 Å². The van der Waals surface area contributed by atoms with Gasteiger partial charge in [-0.05, 0) is 12.1 Å². The fourth-order valence-corrected chi connectivity index (χ4v) is 0.934. The van der Waals surface area contributed by atoms with Crippen LogP contribution in [0.4, 0.5) is 14.5 Å². The minimum atomic E-state index is -2.86. The average Bonchev–Trinajstić information content (AvgIpc) is 2.20. The number of hydrogen-bond donors (Lipinski definition) is 2. The van der Waals surface area contributed by atoms with Crippen molar-refractivity contribution in [2.75, 3.05) is 5.32 Å². The van der Waals surface area contributed by atoms with Crippen LogP contribution in [-0.4, -0.2) is 10.8 Å². The van der Waals surface area contributed by atoms with Gasteiger partial charge in [0.05, 0.1) is 5.69 Å². The van der Waals surface area contributed by atoms with Crippen molar-refractivity contribution in [3.63, 3.8) is 0 Å². The summed E-state index contributed by atoms with van der Waals surface area (Å²) in [7, 11) is 0. The molecule has 0 aliphatic carbocycles. The summed E-state index contributed by atoms with van der Waals surface area (Å²) in [5, 5.41) is 9.33. The van der Waals surface area contributed by atoms with Gasteiger partial charge in [-0.25, -0.2) is 0 Å². The third-order valence-electron chi connectivity index (χ3n) is 1.59. The molecule has 6 heteroatoms. The molecule has 4 nitrogen and oxygen atoms in total. The van der Waals surface area contributed by atoms with Crippen molar-refractivity contribution < 1.29 is 8.78 Å². The maximum absolute atomic E-state index is 12.3. The highest BCUT2D eigenvalue weighted by atomic mass is 19.3. The summed E-state index contributed by atoms with van der Waals surface area (Å²) in [5.74, 6) is 0. The third-order valence-corrected chi connectivity index (χ3v) is 1.59. The molecule has 15 heavy (non-hydrogen) atoms. The second-order valence-electron chi connectivity index (χ2n) is 2.61. The van der Waals surface area contributed by atoms with Gasteiger partial charge in [-0.15, -0.1) is 0 Å². The van der Waals surface area contributed by atoms with Gasteiger partial charge in [0.2, 0.25) is 0 Å². The Morgan fingerprint density at radius 2 is 2.20 bits per heavy atom. The SMILES string of the molecule is N=C/C=C\Nc1ccc(=O)n(C(F)F)c1. The molecule has 0 spiro atoms. The molecule has 1 aromatic rings. The maximum atomic E-state index is 12.3. The van der Waals surface area contributed by atoms with Crippen molar-refractivity contribution in [1.29, 1.82) is 5.41 Å². The first-order valence-electron chi connectivity index (χ1n) is 4.07. The number of alkyl halides is 2. The molecule has 0 aliphatic heterocycles. The number of nitrogens with zero attached hydrogens (tertiary/aromatic N) is 1. The number of nitrogens with one attached hydrogen (secondary N) is 2. The summed E-state index contributed by atoms with van der Waals surface area (Å²) in [6.45, 7) is -2.86. The van der Waals surface area contributed by atoms with Crippen LogP contribution in [0.2, 0.25) is 0 Å². The summed E-state index contributed by atoms with van der Waals surface area (Å²) in [6, 6.07) is 2.43. The zero-order valence-corrected chi connectivity index (χ0v) is 7.65. The molecule has 0 amide bonds. The highest BCUT2D eigenvalue weighted by molar-refractivity contribution is 5.68. The van der Waals surface area contributed by atoms with E-state index in [9.17, 15) is 13.6 Å². The molecule has 0 saturated heterocycles. The van der Waals surface area contributed by atoms with Crippen molar-refractivity contribution in [2.45, 2.75) is 6.55 Å². The van der Waals surface area contributed by atoms with E-state index in [1.807, 2.05) is 0 Å². The van der Waals surface area contributed by atoms with E-state index in [1.165, 1.54) is 18.3 Å². The van der Waals surface area contributed by atoms with Crippen molar-refractivity contribution in [1.82, 2.24) is 4.57 Å². The lowest BCUT2D eigenvalue weighted by Crippen LogP contribution is -2.19. The van der Waals surface area contributed by atoms with E-state index in [2.05, 4.69) is 5.32 Å². The highest BCUT2D eigenvalue weighted by Crippen LogP contribution is 2.10. The first-order valence-corrected chi connectivity index (χ1v) is 4.07. The Hall–Kier alpha value is -1.98. The first-order chi connectivity index (χ1) is 7.15. The molecular weight excluding hydrogens is 204 g/mol. The van der Waals surface area contributed by atoms with Crippen molar-refractivity contribution in [3.05, 3.63) is 41.0 Å². The molecule has 0 aliphatic rings. The van der Waals surface area contributed by atoms with E-state index in [1.54, 1.807) is 0 Å². The molecule has 0 radical (unpaired) electrons. The molecule has 2 N–H and O–H groups in total. The Balaban J connectivity index is 2.92. The summed E-state index contributed by atoms with van der Waals surface area (Å²) >= 11 is 0. The fourth-order valence-electron chi connectivity index (χ4n) is 0.934. The van der Waals surface area contributed by atoms with Gasteiger partial charge in [-0.2, -0.15) is 8.78 Å². The predicted molar refractivity (Wildman–Crippen MR) is 53.5 cm³/mol. The molecule has 0 saturated carbocycles. The molecule has 1 rings (SSSR count). The van der Waals surface area contributed by atoms with E-state index in [4.69, 9.17) is 5.41 Å². The monoisotopic (exact) mass is 213 g/mol.